The molecule has 1 heterocycles. The SMILES string of the molecule is CCn1c(=O)c([N+](=O)[O-])c(C)n(-c2cccc(CF)c2)c1=O. The average molecular weight is 307 g/mol. The van der Waals surface area contributed by atoms with Crippen LogP contribution in [-0.2, 0) is 13.2 Å². The first-order valence-corrected chi connectivity index (χ1v) is 6.58. The summed E-state index contributed by atoms with van der Waals surface area (Å²) >= 11 is 0. The molecule has 0 N–H and O–H groups in total. The van der Waals surface area contributed by atoms with E-state index < -0.39 is 28.5 Å². The van der Waals surface area contributed by atoms with Gasteiger partial charge in [0, 0.05) is 6.54 Å². The van der Waals surface area contributed by atoms with Gasteiger partial charge >= 0.3 is 16.9 Å². The molecule has 22 heavy (non-hydrogen) atoms. The van der Waals surface area contributed by atoms with Crippen molar-refractivity contribution in [2.45, 2.75) is 27.1 Å². The number of halogens is 1. The fourth-order valence-electron chi connectivity index (χ4n) is 2.31. The van der Waals surface area contributed by atoms with E-state index in [2.05, 4.69) is 0 Å². The summed E-state index contributed by atoms with van der Waals surface area (Å²) in [6.45, 7) is 2.14. The Morgan fingerprint density at radius 1 is 1.32 bits per heavy atom. The number of alkyl halides is 1. The maximum atomic E-state index is 12.8. The molecule has 0 unspecified atom stereocenters. The Morgan fingerprint density at radius 3 is 2.55 bits per heavy atom. The van der Waals surface area contributed by atoms with E-state index >= 15 is 0 Å². The number of nitro groups is 1. The van der Waals surface area contributed by atoms with Crippen molar-refractivity contribution in [3.63, 3.8) is 0 Å². The third-order valence-electron chi connectivity index (χ3n) is 3.37. The third-order valence-corrected chi connectivity index (χ3v) is 3.37. The Bertz CT molecular complexity index is 854. The van der Waals surface area contributed by atoms with Gasteiger partial charge in [-0.1, -0.05) is 12.1 Å². The molecule has 0 bridgehead atoms. The number of hydrogen-bond acceptors (Lipinski definition) is 4. The highest BCUT2D eigenvalue weighted by atomic mass is 19.1. The first-order valence-electron chi connectivity index (χ1n) is 6.58. The van der Waals surface area contributed by atoms with E-state index in [1.165, 1.54) is 25.1 Å². The second-order valence-corrected chi connectivity index (χ2v) is 4.66. The van der Waals surface area contributed by atoms with E-state index in [1.807, 2.05) is 0 Å². The lowest BCUT2D eigenvalue weighted by Gasteiger charge is -2.13. The van der Waals surface area contributed by atoms with Crippen molar-refractivity contribution >= 4 is 5.69 Å². The number of nitrogens with zero attached hydrogens (tertiary/aromatic N) is 3. The predicted octanol–water partition coefficient (Wildman–Crippen LogP) is 1.71. The Labute approximate surface area is 124 Å². The zero-order chi connectivity index (χ0) is 16.4. The molecule has 7 nitrogen and oxygen atoms in total. The van der Waals surface area contributed by atoms with Gasteiger partial charge in [0.2, 0.25) is 0 Å². The molecular weight excluding hydrogens is 293 g/mol. The summed E-state index contributed by atoms with van der Waals surface area (Å²) in [6.07, 6.45) is 0. The van der Waals surface area contributed by atoms with Crippen LogP contribution >= 0.6 is 0 Å². The smallest absolute Gasteiger partial charge is 0.261 e. The molecule has 8 heteroatoms. The lowest BCUT2D eigenvalue weighted by molar-refractivity contribution is -0.387. The molecule has 0 amide bonds. The third kappa shape index (κ3) is 2.43. The van der Waals surface area contributed by atoms with Gasteiger partial charge in [0.15, 0.2) is 0 Å². The van der Waals surface area contributed by atoms with E-state index in [9.17, 15) is 24.1 Å². The molecule has 0 fully saturated rings. The lowest BCUT2D eigenvalue weighted by Crippen LogP contribution is -2.41. The van der Waals surface area contributed by atoms with Crippen molar-refractivity contribution in [3.8, 4) is 5.69 Å². The van der Waals surface area contributed by atoms with Crippen molar-refractivity contribution in [2.75, 3.05) is 0 Å². The van der Waals surface area contributed by atoms with Gasteiger partial charge in [0.25, 0.3) is 0 Å². The summed E-state index contributed by atoms with van der Waals surface area (Å²) < 4.78 is 14.6. The van der Waals surface area contributed by atoms with Crippen molar-refractivity contribution < 1.29 is 9.31 Å². The summed E-state index contributed by atoms with van der Waals surface area (Å²) in [6, 6.07) is 6.03. The summed E-state index contributed by atoms with van der Waals surface area (Å²) in [4.78, 5) is 34.8. The zero-order valence-corrected chi connectivity index (χ0v) is 12.1. The molecule has 0 atom stereocenters. The van der Waals surface area contributed by atoms with E-state index in [4.69, 9.17) is 0 Å². The van der Waals surface area contributed by atoms with Crippen LogP contribution in [0.3, 0.4) is 0 Å². The number of hydrogen-bond donors (Lipinski definition) is 0. The quantitative estimate of drug-likeness (QED) is 0.635. The van der Waals surface area contributed by atoms with E-state index in [0.29, 0.717) is 5.56 Å². The molecule has 0 aliphatic carbocycles. The molecule has 1 aromatic heterocycles. The van der Waals surface area contributed by atoms with Crippen molar-refractivity contribution in [1.29, 1.82) is 0 Å². The number of rotatable bonds is 4. The molecule has 0 radical (unpaired) electrons. The van der Waals surface area contributed by atoms with Gasteiger partial charge in [0.05, 0.1) is 10.6 Å². The molecule has 2 aromatic rings. The molecule has 0 aliphatic rings. The second-order valence-electron chi connectivity index (χ2n) is 4.66. The summed E-state index contributed by atoms with van der Waals surface area (Å²) in [7, 11) is 0. The normalized spacial score (nSPS) is 10.7. The minimum absolute atomic E-state index is 0.00158. The van der Waals surface area contributed by atoms with Crippen LogP contribution in [0.5, 0.6) is 0 Å². The molecule has 0 saturated heterocycles. The van der Waals surface area contributed by atoms with Crippen LogP contribution in [-0.4, -0.2) is 14.1 Å². The van der Waals surface area contributed by atoms with Gasteiger partial charge in [-0.3, -0.25) is 24.0 Å². The molecular formula is C14H14FN3O4. The second kappa shape index (κ2) is 5.92. The molecule has 0 aliphatic heterocycles. The Balaban J connectivity index is 2.92. The topological polar surface area (TPSA) is 87.1 Å². The van der Waals surface area contributed by atoms with Gasteiger partial charge in [-0.2, -0.15) is 0 Å². The molecule has 0 spiro atoms. The minimum atomic E-state index is -0.937. The molecule has 1 aromatic carbocycles. The van der Waals surface area contributed by atoms with Crippen molar-refractivity contribution in [3.05, 3.63) is 66.5 Å². The van der Waals surface area contributed by atoms with Crippen molar-refractivity contribution in [2.24, 2.45) is 0 Å². The van der Waals surface area contributed by atoms with Crippen molar-refractivity contribution in [1.82, 2.24) is 9.13 Å². The average Bonchev–Trinajstić information content (AvgIpc) is 2.47. The summed E-state index contributed by atoms with van der Waals surface area (Å²) in [5, 5.41) is 11.1. The highest BCUT2D eigenvalue weighted by Gasteiger charge is 2.25. The molecule has 0 saturated carbocycles. The maximum absolute atomic E-state index is 12.8. The summed E-state index contributed by atoms with van der Waals surface area (Å²) in [5.41, 5.74) is -1.75. The van der Waals surface area contributed by atoms with Gasteiger partial charge in [0.1, 0.15) is 12.4 Å². The largest absolute Gasteiger partial charge is 0.353 e. The van der Waals surface area contributed by atoms with Crippen LogP contribution < -0.4 is 11.2 Å². The fraction of sp³-hybridized carbons (Fsp3) is 0.286. The Kier molecular flexibility index (Phi) is 4.20. The van der Waals surface area contributed by atoms with Gasteiger partial charge in [-0.25, -0.2) is 9.18 Å². The zero-order valence-electron chi connectivity index (χ0n) is 12.1. The van der Waals surface area contributed by atoms with Gasteiger partial charge in [-0.05, 0) is 31.5 Å². The molecule has 2 rings (SSSR count). The summed E-state index contributed by atoms with van der Waals surface area (Å²) in [5.74, 6) is 0. The fourth-order valence-corrected chi connectivity index (χ4v) is 2.31. The van der Waals surface area contributed by atoms with E-state index in [-0.39, 0.29) is 17.9 Å². The van der Waals surface area contributed by atoms with Crippen LogP contribution in [0.2, 0.25) is 0 Å². The monoisotopic (exact) mass is 307 g/mol. The highest BCUT2D eigenvalue weighted by molar-refractivity contribution is 5.42. The predicted molar refractivity (Wildman–Crippen MR) is 78.2 cm³/mol. The first-order chi connectivity index (χ1) is 10.4. The molecule has 116 valence electrons. The van der Waals surface area contributed by atoms with Crippen LogP contribution in [0.15, 0.2) is 33.9 Å². The maximum Gasteiger partial charge on any atom is 0.353 e. The lowest BCUT2D eigenvalue weighted by atomic mass is 10.2. The van der Waals surface area contributed by atoms with Crippen LogP contribution in [0.25, 0.3) is 5.69 Å². The van der Waals surface area contributed by atoms with E-state index in [1.54, 1.807) is 13.0 Å². The number of benzene rings is 1. The van der Waals surface area contributed by atoms with Crippen LogP contribution in [0, 0.1) is 17.0 Å². The minimum Gasteiger partial charge on any atom is -0.261 e. The number of aromatic nitrogens is 2. The first kappa shape index (κ1) is 15.6. The van der Waals surface area contributed by atoms with Crippen LogP contribution in [0.4, 0.5) is 10.1 Å². The highest BCUT2D eigenvalue weighted by Crippen LogP contribution is 2.16. The van der Waals surface area contributed by atoms with Gasteiger partial charge < -0.3 is 0 Å². The van der Waals surface area contributed by atoms with E-state index in [0.717, 1.165) is 9.13 Å². The standard InChI is InChI=1S/C14H14FN3O4/c1-3-16-13(19)12(18(21)22)9(2)17(14(16)20)11-6-4-5-10(7-11)8-15/h4-7H,3,8H2,1-2H3. The Morgan fingerprint density at radius 2 is 2.00 bits per heavy atom. The van der Waals surface area contributed by atoms with Gasteiger partial charge in [-0.15, -0.1) is 0 Å². The van der Waals surface area contributed by atoms with Crippen LogP contribution in [0.1, 0.15) is 18.2 Å². The Hall–Kier alpha value is -2.77.